The zero-order chi connectivity index (χ0) is 14.4. The van der Waals surface area contributed by atoms with Crippen LogP contribution in [0.25, 0.3) is 0 Å². The van der Waals surface area contributed by atoms with Gasteiger partial charge in [-0.05, 0) is 30.8 Å². The van der Waals surface area contributed by atoms with Crippen LogP contribution < -0.4 is 16.4 Å². The van der Waals surface area contributed by atoms with Crippen molar-refractivity contribution in [3.8, 4) is 0 Å². The third-order valence-electron chi connectivity index (χ3n) is 2.84. The lowest BCUT2D eigenvalue weighted by Crippen LogP contribution is -2.26. The number of hydrogen-bond donors (Lipinski definition) is 4. The van der Waals surface area contributed by atoms with Crippen LogP contribution in [0.4, 0.5) is 10.8 Å². The van der Waals surface area contributed by atoms with E-state index >= 15 is 0 Å². The molecular weight excluding hydrogens is 280 g/mol. The summed E-state index contributed by atoms with van der Waals surface area (Å²) < 4.78 is 9.18. The number of ether oxygens (including phenoxy) is 1. The molecule has 1 fully saturated rings. The van der Waals surface area contributed by atoms with Crippen LogP contribution in [0.3, 0.4) is 0 Å². The second-order valence-corrected chi connectivity index (χ2v) is 5.41. The zero-order valence-electron chi connectivity index (χ0n) is 11.2. The number of hydrogen-bond acceptors (Lipinski definition) is 7. The highest BCUT2D eigenvalue weighted by Gasteiger charge is 2.27. The van der Waals surface area contributed by atoms with Crippen LogP contribution in [0.1, 0.15) is 29.6 Å². The maximum atomic E-state index is 12.1. The first-order valence-electron chi connectivity index (χ1n) is 6.71. The lowest BCUT2D eigenvalue weighted by molar-refractivity contribution is 0.0921. The van der Waals surface area contributed by atoms with Crippen molar-refractivity contribution < 1.29 is 14.6 Å². The summed E-state index contributed by atoms with van der Waals surface area (Å²) in [6, 6.07) is 0.293. The molecule has 7 nitrogen and oxygen atoms in total. The smallest absolute Gasteiger partial charge is 0.258 e. The van der Waals surface area contributed by atoms with Crippen molar-refractivity contribution in [2.45, 2.75) is 25.3 Å². The van der Waals surface area contributed by atoms with Gasteiger partial charge in [-0.1, -0.05) is 0 Å². The minimum Gasteiger partial charge on any atom is -0.394 e. The molecule has 1 amide bonds. The molecule has 112 valence electrons. The molecule has 0 atom stereocenters. The molecule has 0 spiro atoms. The Hall–Kier alpha value is -1.38. The van der Waals surface area contributed by atoms with E-state index in [0.717, 1.165) is 19.3 Å². The number of aliphatic hydroxyl groups is 1. The van der Waals surface area contributed by atoms with Gasteiger partial charge in [0, 0.05) is 19.2 Å². The number of aromatic nitrogens is 1. The number of amides is 1. The zero-order valence-corrected chi connectivity index (χ0v) is 12.0. The molecule has 2 rings (SSSR count). The van der Waals surface area contributed by atoms with Crippen molar-refractivity contribution in [2.24, 2.45) is 0 Å². The van der Waals surface area contributed by atoms with E-state index in [0.29, 0.717) is 36.4 Å². The molecule has 5 N–H and O–H groups in total. The molecule has 1 saturated carbocycles. The molecule has 0 unspecified atom stereocenters. The predicted octanol–water partition coefficient (Wildman–Crippen LogP) is 0.428. The molecule has 0 bridgehead atoms. The van der Waals surface area contributed by atoms with Crippen LogP contribution in [0, 0.1) is 0 Å². The highest BCUT2D eigenvalue weighted by molar-refractivity contribution is 7.11. The molecule has 1 heterocycles. The fraction of sp³-hybridized carbons (Fsp3) is 0.667. The van der Waals surface area contributed by atoms with Gasteiger partial charge in [0.15, 0.2) is 5.82 Å². The fourth-order valence-corrected chi connectivity index (χ4v) is 2.41. The Labute approximate surface area is 121 Å². The van der Waals surface area contributed by atoms with Gasteiger partial charge in [0.1, 0.15) is 10.6 Å². The van der Waals surface area contributed by atoms with Crippen LogP contribution in [-0.4, -0.2) is 47.8 Å². The molecule has 20 heavy (non-hydrogen) atoms. The number of anilines is 2. The van der Waals surface area contributed by atoms with Crippen molar-refractivity contribution in [1.29, 1.82) is 0 Å². The summed E-state index contributed by atoms with van der Waals surface area (Å²) in [5.74, 6) is 0.116. The van der Waals surface area contributed by atoms with Crippen molar-refractivity contribution in [3.63, 3.8) is 0 Å². The molecule has 1 aliphatic rings. The minimum absolute atomic E-state index is 0.0320. The van der Waals surface area contributed by atoms with E-state index in [2.05, 4.69) is 15.0 Å². The Morgan fingerprint density at radius 3 is 3.00 bits per heavy atom. The predicted molar refractivity (Wildman–Crippen MR) is 78.0 cm³/mol. The Morgan fingerprint density at radius 1 is 1.50 bits per heavy atom. The van der Waals surface area contributed by atoms with Crippen LogP contribution in [0.5, 0.6) is 0 Å². The number of aliphatic hydroxyl groups excluding tert-OH is 1. The largest absolute Gasteiger partial charge is 0.394 e. The maximum Gasteiger partial charge on any atom is 0.258 e. The summed E-state index contributed by atoms with van der Waals surface area (Å²) in [7, 11) is 0. The second kappa shape index (κ2) is 7.41. The highest BCUT2D eigenvalue weighted by atomic mass is 32.1. The second-order valence-electron chi connectivity index (χ2n) is 4.64. The lowest BCUT2D eigenvalue weighted by Gasteiger charge is -2.07. The van der Waals surface area contributed by atoms with Crippen molar-refractivity contribution >= 4 is 28.3 Å². The first-order valence-corrected chi connectivity index (χ1v) is 7.48. The number of carbonyl (C=O) groups excluding carboxylic acids is 1. The van der Waals surface area contributed by atoms with Crippen molar-refractivity contribution in [1.82, 2.24) is 9.69 Å². The minimum atomic E-state index is -0.155. The van der Waals surface area contributed by atoms with Gasteiger partial charge in [-0.25, -0.2) is 0 Å². The summed E-state index contributed by atoms with van der Waals surface area (Å²) in [4.78, 5) is 12.1. The summed E-state index contributed by atoms with van der Waals surface area (Å²) in [5.41, 5.74) is 6.20. The number of nitrogens with zero attached hydrogens (tertiary/aromatic N) is 1. The van der Waals surface area contributed by atoms with Gasteiger partial charge in [0.05, 0.1) is 13.2 Å². The summed E-state index contributed by atoms with van der Waals surface area (Å²) in [6.45, 7) is 1.61. The first-order chi connectivity index (χ1) is 9.72. The topological polar surface area (TPSA) is 110 Å². The average molecular weight is 300 g/mol. The molecule has 1 aliphatic carbocycles. The molecule has 0 saturated heterocycles. The Kier molecular flexibility index (Phi) is 5.57. The van der Waals surface area contributed by atoms with Gasteiger partial charge < -0.3 is 26.2 Å². The van der Waals surface area contributed by atoms with Crippen LogP contribution in [0.2, 0.25) is 0 Å². The maximum absolute atomic E-state index is 12.1. The highest BCUT2D eigenvalue weighted by Crippen LogP contribution is 2.28. The van der Waals surface area contributed by atoms with E-state index in [1.54, 1.807) is 0 Å². The van der Waals surface area contributed by atoms with Gasteiger partial charge in [-0.15, -0.1) is 0 Å². The van der Waals surface area contributed by atoms with Crippen LogP contribution in [0.15, 0.2) is 0 Å². The summed E-state index contributed by atoms with van der Waals surface area (Å²) >= 11 is 1.19. The number of nitrogens with two attached hydrogens (primary N) is 1. The SMILES string of the molecule is Nc1nsc(NCCCOCCO)c1C(=O)NC1CC1. The normalized spacial score (nSPS) is 14.2. The summed E-state index contributed by atoms with van der Waals surface area (Å²) in [5, 5.41) is 15.3. The van der Waals surface area contributed by atoms with Crippen LogP contribution in [-0.2, 0) is 4.74 Å². The Balaban J connectivity index is 1.80. The molecule has 0 aromatic carbocycles. The Morgan fingerprint density at radius 2 is 2.30 bits per heavy atom. The number of rotatable bonds is 9. The van der Waals surface area contributed by atoms with E-state index in [1.807, 2.05) is 0 Å². The number of nitrogens with one attached hydrogen (secondary N) is 2. The van der Waals surface area contributed by atoms with Gasteiger partial charge >= 0.3 is 0 Å². The lowest BCUT2D eigenvalue weighted by atomic mass is 10.3. The Bertz CT molecular complexity index is 448. The van der Waals surface area contributed by atoms with Gasteiger partial charge in [-0.3, -0.25) is 4.79 Å². The first kappa shape index (κ1) is 15.0. The number of nitrogen functional groups attached to an aromatic ring is 1. The standard InChI is InChI=1S/C12H20N4O3S/c13-10-9(11(18)15-8-2-3-8)12(20-16-10)14-4-1-6-19-7-5-17/h8,14,17H,1-7H2,(H2,13,16)(H,15,18). The molecular formula is C12H20N4O3S. The molecule has 8 heteroatoms. The summed E-state index contributed by atoms with van der Waals surface area (Å²) in [6.07, 6.45) is 2.85. The fourth-order valence-electron chi connectivity index (χ4n) is 1.67. The monoisotopic (exact) mass is 300 g/mol. The third-order valence-corrected chi connectivity index (χ3v) is 3.66. The molecule has 1 aromatic heterocycles. The van der Waals surface area contributed by atoms with E-state index in [9.17, 15) is 4.79 Å². The van der Waals surface area contributed by atoms with E-state index in [4.69, 9.17) is 15.6 Å². The van der Waals surface area contributed by atoms with E-state index < -0.39 is 0 Å². The molecule has 0 radical (unpaired) electrons. The quantitative estimate of drug-likeness (QED) is 0.492. The molecule has 0 aliphatic heterocycles. The average Bonchev–Trinajstić information content (AvgIpc) is 3.15. The van der Waals surface area contributed by atoms with E-state index in [-0.39, 0.29) is 18.3 Å². The molecule has 1 aromatic rings. The van der Waals surface area contributed by atoms with E-state index in [1.165, 1.54) is 11.5 Å². The third kappa shape index (κ3) is 4.32. The van der Waals surface area contributed by atoms with Gasteiger partial charge in [0.2, 0.25) is 0 Å². The van der Waals surface area contributed by atoms with Gasteiger partial charge in [0.25, 0.3) is 5.91 Å². The number of carbonyl (C=O) groups is 1. The van der Waals surface area contributed by atoms with Crippen molar-refractivity contribution in [3.05, 3.63) is 5.56 Å². The van der Waals surface area contributed by atoms with Crippen molar-refractivity contribution in [2.75, 3.05) is 37.4 Å². The van der Waals surface area contributed by atoms with Gasteiger partial charge in [-0.2, -0.15) is 4.37 Å². The van der Waals surface area contributed by atoms with Crippen LogP contribution >= 0.6 is 11.5 Å².